The molecule has 242 valence electrons. The van der Waals surface area contributed by atoms with Crippen molar-refractivity contribution in [2.24, 2.45) is 14.1 Å². The predicted molar refractivity (Wildman–Crippen MR) is 177 cm³/mol. The second kappa shape index (κ2) is 12.3. The fourth-order valence-corrected chi connectivity index (χ4v) is 6.21. The lowest BCUT2D eigenvalue weighted by Gasteiger charge is -2.29. The number of hydrogen-bond donors (Lipinski definition) is 0. The molecule has 0 saturated carbocycles. The molecular formula is C37H38FN5O4. The van der Waals surface area contributed by atoms with Gasteiger partial charge in [0.1, 0.15) is 17.0 Å². The molecule has 10 heteroatoms. The van der Waals surface area contributed by atoms with Crippen molar-refractivity contribution in [3.05, 3.63) is 82.6 Å². The summed E-state index contributed by atoms with van der Waals surface area (Å²) in [5.41, 5.74) is 7.20. The van der Waals surface area contributed by atoms with Crippen LogP contribution in [0.2, 0.25) is 0 Å². The van der Waals surface area contributed by atoms with Crippen molar-refractivity contribution < 1.29 is 23.4 Å². The highest BCUT2D eigenvalue weighted by Crippen LogP contribution is 2.45. The molecule has 47 heavy (non-hydrogen) atoms. The van der Waals surface area contributed by atoms with Crippen molar-refractivity contribution in [3.8, 4) is 40.0 Å². The number of fused-ring (bicyclic) bond motifs is 2. The van der Waals surface area contributed by atoms with Crippen LogP contribution < -0.4 is 4.74 Å². The predicted octanol–water partition coefficient (Wildman–Crippen LogP) is 6.55. The third-order valence-electron chi connectivity index (χ3n) is 8.45. The first-order chi connectivity index (χ1) is 22.4. The molecule has 1 aliphatic heterocycles. The maximum Gasteiger partial charge on any atom is 0.339 e. The van der Waals surface area contributed by atoms with Crippen molar-refractivity contribution in [3.63, 3.8) is 0 Å². The summed E-state index contributed by atoms with van der Waals surface area (Å²) in [5, 5.41) is 0.744. The molecule has 0 aliphatic carbocycles. The van der Waals surface area contributed by atoms with Gasteiger partial charge < -0.3 is 23.3 Å². The van der Waals surface area contributed by atoms with E-state index in [9.17, 15) is 4.79 Å². The molecule has 0 saturated heterocycles. The monoisotopic (exact) mass is 635 g/mol. The Morgan fingerprint density at radius 1 is 1.15 bits per heavy atom. The summed E-state index contributed by atoms with van der Waals surface area (Å²) >= 11 is 0. The average molecular weight is 636 g/mol. The first kappa shape index (κ1) is 32.0. The highest BCUT2D eigenvalue weighted by atomic mass is 19.1. The molecule has 4 aromatic heterocycles. The van der Waals surface area contributed by atoms with Gasteiger partial charge in [0.25, 0.3) is 0 Å². The van der Waals surface area contributed by atoms with Crippen LogP contribution in [-0.4, -0.2) is 49.4 Å². The van der Waals surface area contributed by atoms with Gasteiger partial charge in [0.15, 0.2) is 17.7 Å². The number of ether oxygens (including phenoxy) is 3. The van der Waals surface area contributed by atoms with Crippen LogP contribution in [0.1, 0.15) is 67.1 Å². The van der Waals surface area contributed by atoms with Gasteiger partial charge in [0.05, 0.1) is 37.5 Å². The Balaban J connectivity index is 1.63. The van der Waals surface area contributed by atoms with E-state index in [4.69, 9.17) is 19.2 Å². The Morgan fingerprint density at radius 3 is 2.64 bits per heavy atom. The van der Waals surface area contributed by atoms with Crippen LogP contribution in [0.3, 0.4) is 0 Å². The van der Waals surface area contributed by atoms with Crippen LogP contribution in [0.25, 0.3) is 33.4 Å². The Hall–Kier alpha value is -5.01. The summed E-state index contributed by atoms with van der Waals surface area (Å²) in [6, 6.07) is 7.37. The average Bonchev–Trinajstić information content (AvgIpc) is 3.61. The summed E-state index contributed by atoms with van der Waals surface area (Å²) < 4.78 is 37.1. The summed E-state index contributed by atoms with van der Waals surface area (Å²) in [7, 11) is 5.16. The van der Waals surface area contributed by atoms with Gasteiger partial charge in [-0.15, -0.1) is 0 Å². The lowest BCUT2D eigenvalue weighted by Crippen LogP contribution is -2.29. The largest absolute Gasteiger partial charge is 0.490 e. The van der Waals surface area contributed by atoms with Gasteiger partial charge in [0, 0.05) is 53.6 Å². The fourth-order valence-electron chi connectivity index (χ4n) is 6.21. The third kappa shape index (κ3) is 5.99. The minimum atomic E-state index is -1.11. The van der Waals surface area contributed by atoms with E-state index in [1.807, 2.05) is 76.0 Å². The minimum absolute atomic E-state index is 0.293. The van der Waals surface area contributed by atoms with Gasteiger partial charge in [-0.3, -0.25) is 0 Å². The molecule has 0 N–H and O–H groups in total. The summed E-state index contributed by atoms with van der Waals surface area (Å²) in [6.45, 7) is 9.93. The van der Waals surface area contributed by atoms with E-state index in [2.05, 4.69) is 21.8 Å². The molecule has 9 nitrogen and oxygen atoms in total. The lowest BCUT2D eigenvalue weighted by molar-refractivity contribution is -0.164. The van der Waals surface area contributed by atoms with Crippen LogP contribution in [0.4, 0.5) is 4.39 Å². The fraction of sp³-hybridized carbons (Fsp3) is 0.351. The van der Waals surface area contributed by atoms with Crippen molar-refractivity contribution in [2.45, 2.75) is 59.2 Å². The molecule has 1 aromatic carbocycles. The Morgan fingerprint density at radius 2 is 1.94 bits per heavy atom. The number of halogens is 1. The van der Waals surface area contributed by atoms with E-state index in [0.717, 1.165) is 39.9 Å². The molecular weight excluding hydrogens is 597 g/mol. The summed E-state index contributed by atoms with van der Waals surface area (Å²) in [5.74, 6) is 5.55. The molecule has 1 atom stereocenters. The van der Waals surface area contributed by atoms with Crippen LogP contribution in [0.5, 0.6) is 5.75 Å². The van der Waals surface area contributed by atoms with Gasteiger partial charge in [-0.2, -0.15) is 0 Å². The quantitative estimate of drug-likeness (QED) is 0.160. The molecule has 0 amide bonds. The summed E-state index contributed by atoms with van der Waals surface area (Å²) in [6.07, 6.45) is 5.49. The van der Waals surface area contributed by atoms with Crippen LogP contribution in [-0.2, 0) is 34.8 Å². The molecule has 0 radical (unpaired) electrons. The second-order valence-electron chi connectivity index (χ2n) is 12.8. The van der Waals surface area contributed by atoms with E-state index in [-0.39, 0.29) is 0 Å². The van der Waals surface area contributed by atoms with Gasteiger partial charge in [-0.25, -0.2) is 24.1 Å². The van der Waals surface area contributed by atoms with E-state index in [0.29, 0.717) is 52.5 Å². The van der Waals surface area contributed by atoms with E-state index < -0.39 is 23.5 Å². The highest BCUT2D eigenvalue weighted by molar-refractivity contribution is 6.01. The zero-order chi connectivity index (χ0) is 33.6. The standard InChI is InChI=1S/C37H38FN5O4/c1-21-26-10-9-15-46-33(26)29(38)17-27(21)32-28-18-30(23-13-14-40-24(16-23)11-12-25-19-39-20-42(25)6)43(7)35(28)41-22(2)31(32)34(36(44)45-8)47-37(3,4)5/h13-14,16-20,34H,9-10,15H2,1-8H3/t34-/m0/s1. The van der Waals surface area contributed by atoms with Crippen molar-refractivity contribution >= 4 is 17.0 Å². The number of methoxy groups -OCH3 is 1. The minimum Gasteiger partial charge on any atom is -0.490 e. The Kier molecular flexibility index (Phi) is 8.36. The smallest absolute Gasteiger partial charge is 0.339 e. The van der Waals surface area contributed by atoms with Gasteiger partial charge in [0.2, 0.25) is 0 Å². The molecule has 0 bridgehead atoms. The number of imidazole rings is 1. The van der Waals surface area contributed by atoms with Crippen LogP contribution in [0.15, 0.2) is 43.0 Å². The molecule has 5 heterocycles. The number of esters is 1. The first-order valence-corrected chi connectivity index (χ1v) is 15.5. The highest BCUT2D eigenvalue weighted by Gasteiger charge is 2.35. The number of carbonyl (C=O) groups is 1. The maximum atomic E-state index is 15.8. The number of hydrogen-bond acceptors (Lipinski definition) is 7. The molecule has 6 rings (SSSR count). The number of rotatable bonds is 5. The number of carbonyl (C=O) groups excluding carboxylic acids is 1. The Bertz CT molecular complexity index is 2090. The number of pyridine rings is 2. The molecule has 5 aromatic rings. The van der Waals surface area contributed by atoms with Gasteiger partial charge in [-0.1, -0.05) is 0 Å². The zero-order valence-corrected chi connectivity index (χ0v) is 28.0. The zero-order valence-electron chi connectivity index (χ0n) is 28.0. The van der Waals surface area contributed by atoms with Gasteiger partial charge in [-0.05, 0) is 94.7 Å². The SMILES string of the molecule is COC(=O)[C@@H](OC(C)(C)C)c1c(C)nc2c(cc(-c3ccnc(C#Cc4cncn4C)c3)n2C)c1-c1cc(F)c2c(c1C)CCCO2. The van der Waals surface area contributed by atoms with Gasteiger partial charge >= 0.3 is 5.97 Å². The van der Waals surface area contributed by atoms with Crippen LogP contribution in [0, 0.1) is 31.5 Å². The number of aryl methyl sites for hydroxylation is 3. The number of benzene rings is 1. The van der Waals surface area contributed by atoms with Crippen molar-refractivity contribution in [2.75, 3.05) is 13.7 Å². The molecule has 0 unspecified atom stereocenters. The summed E-state index contributed by atoms with van der Waals surface area (Å²) in [4.78, 5) is 27.1. The normalized spacial score (nSPS) is 13.5. The topological polar surface area (TPSA) is 93.3 Å². The number of nitrogens with zero attached hydrogens (tertiary/aromatic N) is 5. The second-order valence-corrected chi connectivity index (χ2v) is 12.8. The molecule has 1 aliphatic rings. The third-order valence-corrected chi connectivity index (χ3v) is 8.45. The van der Waals surface area contributed by atoms with E-state index in [1.165, 1.54) is 13.2 Å². The Labute approximate surface area is 273 Å². The molecule has 0 spiro atoms. The van der Waals surface area contributed by atoms with E-state index in [1.54, 1.807) is 18.7 Å². The lowest BCUT2D eigenvalue weighted by atomic mass is 9.86. The van der Waals surface area contributed by atoms with Crippen molar-refractivity contribution in [1.29, 1.82) is 0 Å². The van der Waals surface area contributed by atoms with Crippen molar-refractivity contribution in [1.82, 2.24) is 24.1 Å². The number of aromatic nitrogens is 5. The first-order valence-electron chi connectivity index (χ1n) is 15.5. The van der Waals surface area contributed by atoms with Crippen LogP contribution >= 0.6 is 0 Å². The van der Waals surface area contributed by atoms with E-state index >= 15 is 4.39 Å². The maximum absolute atomic E-state index is 15.8. The molecule has 0 fully saturated rings.